The van der Waals surface area contributed by atoms with Gasteiger partial charge >= 0.3 is 0 Å². The van der Waals surface area contributed by atoms with E-state index < -0.39 is 0 Å². The fraction of sp³-hybridized carbons (Fsp3) is 1.00. The van der Waals surface area contributed by atoms with E-state index in [1.807, 2.05) is 0 Å². The van der Waals surface area contributed by atoms with Crippen LogP contribution in [0.5, 0.6) is 0 Å². The first kappa shape index (κ1) is 13.0. The van der Waals surface area contributed by atoms with Gasteiger partial charge in [-0.15, -0.1) is 0 Å². The van der Waals surface area contributed by atoms with E-state index in [9.17, 15) is 0 Å². The molecule has 0 aromatic carbocycles. The van der Waals surface area contributed by atoms with Gasteiger partial charge < -0.3 is 5.32 Å². The maximum absolute atomic E-state index is 3.97. The van der Waals surface area contributed by atoms with Gasteiger partial charge in [0.25, 0.3) is 0 Å². The summed E-state index contributed by atoms with van der Waals surface area (Å²) < 4.78 is 0. The Morgan fingerprint density at radius 2 is 1.78 bits per heavy atom. The van der Waals surface area contributed by atoms with E-state index in [0.717, 1.165) is 23.3 Å². The Hall–Kier alpha value is -0.0400. The van der Waals surface area contributed by atoms with Crippen molar-refractivity contribution in [1.29, 1.82) is 0 Å². The van der Waals surface area contributed by atoms with Crippen LogP contribution in [-0.4, -0.2) is 12.6 Å². The molecular formula is C17H31N. The lowest BCUT2D eigenvalue weighted by molar-refractivity contribution is 0.0196. The minimum atomic E-state index is 0.749. The molecule has 1 N–H and O–H groups in total. The topological polar surface area (TPSA) is 12.0 Å². The molecule has 104 valence electrons. The molecule has 3 aliphatic rings. The zero-order chi connectivity index (χ0) is 12.4. The molecule has 3 unspecified atom stereocenters. The highest BCUT2D eigenvalue weighted by Gasteiger charge is 2.46. The van der Waals surface area contributed by atoms with E-state index >= 15 is 0 Å². The van der Waals surface area contributed by atoms with Crippen molar-refractivity contribution >= 4 is 0 Å². The molecule has 3 saturated carbocycles. The molecule has 3 rings (SSSR count). The van der Waals surface area contributed by atoms with Gasteiger partial charge in [-0.3, -0.25) is 0 Å². The van der Waals surface area contributed by atoms with Gasteiger partial charge in [0.2, 0.25) is 0 Å². The molecule has 0 bridgehead atoms. The van der Waals surface area contributed by atoms with Gasteiger partial charge in [0, 0.05) is 6.04 Å². The van der Waals surface area contributed by atoms with Crippen LogP contribution in [0.1, 0.15) is 77.6 Å². The van der Waals surface area contributed by atoms with Crippen molar-refractivity contribution in [2.24, 2.45) is 17.3 Å². The van der Waals surface area contributed by atoms with Gasteiger partial charge in [-0.1, -0.05) is 39.0 Å². The third-order valence-corrected chi connectivity index (χ3v) is 6.22. The molecule has 0 aromatic rings. The summed E-state index contributed by atoms with van der Waals surface area (Å²) in [5, 5.41) is 3.97. The van der Waals surface area contributed by atoms with Crippen molar-refractivity contribution in [3.05, 3.63) is 0 Å². The van der Waals surface area contributed by atoms with Crippen LogP contribution in [0.25, 0.3) is 0 Å². The van der Waals surface area contributed by atoms with Crippen LogP contribution in [0.3, 0.4) is 0 Å². The Balaban J connectivity index is 1.45. The van der Waals surface area contributed by atoms with Crippen LogP contribution in [-0.2, 0) is 0 Å². The summed E-state index contributed by atoms with van der Waals surface area (Å²) in [6, 6.07) is 0.884. The van der Waals surface area contributed by atoms with E-state index in [-0.39, 0.29) is 0 Å². The third-order valence-electron chi connectivity index (χ3n) is 6.22. The van der Waals surface area contributed by atoms with E-state index in [1.165, 1.54) is 77.2 Å². The van der Waals surface area contributed by atoms with Gasteiger partial charge in [-0.25, -0.2) is 0 Å². The molecule has 18 heavy (non-hydrogen) atoms. The lowest BCUT2D eigenvalue weighted by atomic mass is 9.57. The molecule has 3 atom stereocenters. The number of hydrogen-bond donors (Lipinski definition) is 1. The average molecular weight is 249 g/mol. The molecule has 0 aliphatic heterocycles. The summed E-state index contributed by atoms with van der Waals surface area (Å²) in [4.78, 5) is 0. The van der Waals surface area contributed by atoms with Crippen molar-refractivity contribution < 1.29 is 0 Å². The van der Waals surface area contributed by atoms with Crippen LogP contribution < -0.4 is 5.32 Å². The Morgan fingerprint density at radius 1 is 0.944 bits per heavy atom. The highest BCUT2D eigenvalue weighted by molar-refractivity contribution is 5.01. The summed E-state index contributed by atoms with van der Waals surface area (Å²) in [5.41, 5.74) is 0.749. The Morgan fingerprint density at radius 3 is 2.44 bits per heavy atom. The Bertz CT molecular complexity index is 267. The maximum atomic E-state index is 3.97. The van der Waals surface area contributed by atoms with E-state index in [4.69, 9.17) is 0 Å². The number of rotatable bonds is 3. The predicted octanol–water partition coefficient (Wildman–Crippen LogP) is 4.52. The molecule has 3 fully saturated rings. The summed E-state index contributed by atoms with van der Waals surface area (Å²) in [5.74, 6) is 1.96. The lowest BCUT2D eigenvalue weighted by Crippen LogP contribution is -2.55. The standard InChI is InChI=1S/C17H31N/c1-14-6-5-7-15(12-14)13-18-16-8-11-17(16)9-3-2-4-10-17/h14-16,18H,2-13H2,1H3. The first-order valence-electron chi connectivity index (χ1n) is 8.52. The first-order chi connectivity index (χ1) is 8.78. The lowest BCUT2D eigenvalue weighted by Gasteiger charge is -2.53. The summed E-state index contributed by atoms with van der Waals surface area (Å²) in [6.07, 6.45) is 16.4. The van der Waals surface area contributed by atoms with Crippen LogP contribution in [0.15, 0.2) is 0 Å². The minimum absolute atomic E-state index is 0.749. The fourth-order valence-corrected chi connectivity index (χ4v) is 4.92. The van der Waals surface area contributed by atoms with Crippen LogP contribution >= 0.6 is 0 Å². The van der Waals surface area contributed by atoms with Gasteiger partial charge in [0.05, 0.1) is 0 Å². The maximum Gasteiger partial charge on any atom is 0.0124 e. The zero-order valence-electron chi connectivity index (χ0n) is 12.2. The predicted molar refractivity (Wildman–Crippen MR) is 77.7 cm³/mol. The van der Waals surface area contributed by atoms with E-state index in [2.05, 4.69) is 12.2 Å². The van der Waals surface area contributed by atoms with Gasteiger partial charge in [0.1, 0.15) is 0 Å². The Kier molecular flexibility index (Phi) is 3.98. The van der Waals surface area contributed by atoms with Crippen molar-refractivity contribution in [2.75, 3.05) is 6.54 Å². The second kappa shape index (κ2) is 5.53. The highest BCUT2D eigenvalue weighted by Crippen LogP contribution is 2.51. The number of hydrogen-bond acceptors (Lipinski definition) is 1. The molecule has 3 aliphatic carbocycles. The van der Waals surface area contributed by atoms with E-state index in [1.54, 1.807) is 0 Å². The molecule has 0 aromatic heterocycles. The smallest absolute Gasteiger partial charge is 0.0124 e. The van der Waals surface area contributed by atoms with Crippen LogP contribution in [0, 0.1) is 17.3 Å². The molecule has 0 radical (unpaired) electrons. The highest BCUT2D eigenvalue weighted by atomic mass is 15.0. The van der Waals surface area contributed by atoms with Gasteiger partial charge in [-0.05, 0) is 62.3 Å². The molecular weight excluding hydrogens is 218 g/mol. The molecule has 0 heterocycles. The van der Waals surface area contributed by atoms with E-state index in [0.29, 0.717) is 0 Å². The Labute approximate surface area is 113 Å². The second-order valence-corrected chi connectivity index (χ2v) is 7.56. The van der Waals surface area contributed by atoms with Crippen molar-refractivity contribution in [1.82, 2.24) is 5.32 Å². The fourth-order valence-electron chi connectivity index (χ4n) is 4.92. The van der Waals surface area contributed by atoms with Gasteiger partial charge in [-0.2, -0.15) is 0 Å². The molecule has 1 spiro atoms. The minimum Gasteiger partial charge on any atom is -0.313 e. The third kappa shape index (κ3) is 2.61. The average Bonchev–Trinajstić information content (AvgIpc) is 2.39. The quantitative estimate of drug-likeness (QED) is 0.775. The van der Waals surface area contributed by atoms with Crippen molar-refractivity contribution in [2.45, 2.75) is 83.6 Å². The van der Waals surface area contributed by atoms with Gasteiger partial charge in [0.15, 0.2) is 0 Å². The zero-order valence-corrected chi connectivity index (χ0v) is 12.2. The van der Waals surface area contributed by atoms with Crippen LogP contribution in [0.2, 0.25) is 0 Å². The summed E-state index contributed by atoms with van der Waals surface area (Å²) in [7, 11) is 0. The van der Waals surface area contributed by atoms with Crippen LogP contribution in [0.4, 0.5) is 0 Å². The first-order valence-corrected chi connectivity index (χ1v) is 8.52. The van der Waals surface area contributed by atoms with Crippen molar-refractivity contribution in [3.63, 3.8) is 0 Å². The molecule has 1 heteroatoms. The normalized spacial score (nSPS) is 39.5. The van der Waals surface area contributed by atoms with Crippen molar-refractivity contribution in [3.8, 4) is 0 Å². The summed E-state index contributed by atoms with van der Waals surface area (Å²) in [6.45, 7) is 3.76. The monoisotopic (exact) mass is 249 g/mol. The largest absolute Gasteiger partial charge is 0.313 e. The SMILES string of the molecule is CC1CCCC(CNC2CCC23CCCCC3)C1. The molecule has 0 saturated heterocycles. The second-order valence-electron chi connectivity index (χ2n) is 7.56. The number of nitrogens with one attached hydrogen (secondary N) is 1. The molecule has 0 amide bonds. The molecule has 1 nitrogen and oxygen atoms in total. The summed E-state index contributed by atoms with van der Waals surface area (Å²) >= 11 is 0.